The number of nitrogens with one attached hydrogen (secondary N) is 1. The van der Waals surface area contributed by atoms with Crippen molar-refractivity contribution in [2.75, 3.05) is 6.26 Å². The van der Waals surface area contributed by atoms with E-state index in [1.807, 2.05) is 18.5 Å². The first kappa shape index (κ1) is 14.5. The lowest BCUT2D eigenvalue weighted by Gasteiger charge is -2.03. The summed E-state index contributed by atoms with van der Waals surface area (Å²) < 4.78 is 2.31. The number of benzene rings is 2. The highest BCUT2D eigenvalue weighted by atomic mass is 32.2. The Morgan fingerprint density at radius 3 is 2.73 bits per heavy atom. The molecule has 2 aromatic carbocycles. The van der Waals surface area contributed by atoms with E-state index >= 15 is 0 Å². The Balaban J connectivity index is 2.22. The highest BCUT2D eigenvalue weighted by Gasteiger charge is 2.09. The minimum atomic E-state index is 0.598. The summed E-state index contributed by atoms with van der Waals surface area (Å²) in [5.74, 6) is 0. The van der Waals surface area contributed by atoms with Gasteiger partial charge in [0, 0.05) is 28.4 Å². The summed E-state index contributed by atoms with van der Waals surface area (Å²) in [5, 5.41) is 14.4. The first-order valence-electron chi connectivity index (χ1n) is 7.07. The first-order chi connectivity index (χ1) is 10.8. The van der Waals surface area contributed by atoms with Gasteiger partial charge in [-0.05, 0) is 37.4 Å². The smallest absolute Gasteiger partial charge is 0.183 e. The molecule has 0 aliphatic carbocycles. The Kier molecular flexibility index (Phi) is 4.03. The number of hydrogen-bond donors (Lipinski definition) is 1. The van der Waals surface area contributed by atoms with E-state index in [2.05, 4.69) is 58.2 Å². The fraction of sp³-hybridized carbons (Fsp3) is 0.176. The van der Waals surface area contributed by atoms with Crippen molar-refractivity contribution in [3.63, 3.8) is 0 Å². The zero-order chi connectivity index (χ0) is 15.5. The molecule has 0 amide bonds. The molecule has 0 spiro atoms. The maximum Gasteiger partial charge on any atom is 0.183 e. The van der Waals surface area contributed by atoms with E-state index in [1.165, 1.54) is 33.6 Å². The standard InChI is InChI=1S/C17H16N4S/c1-3-21-15-7-5-4-6-13(15)14-10-12(8-9-16(14)21)20-17(22-2)19-11-18/h4-10H,3H2,1-2H3,(H,19,20). The van der Waals surface area contributed by atoms with E-state index in [9.17, 15) is 0 Å². The molecule has 0 saturated carbocycles. The van der Waals surface area contributed by atoms with Gasteiger partial charge in [0.1, 0.15) is 0 Å². The second-order valence-electron chi connectivity index (χ2n) is 4.82. The molecule has 1 N–H and O–H groups in total. The van der Waals surface area contributed by atoms with Gasteiger partial charge in [0.2, 0.25) is 0 Å². The number of fused-ring (bicyclic) bond motifs is 3. The summed E-state index contributed by atoms with van der Waals surface area (Å²) in [7, 11) is 0. The van der Waals surface area contributed by atoms with Crippen molar-refractivity contribution in [1.82, 2.24) is 9.88 Å². The van der Waals surface area contributed by atoms with Gasteiger partial charge in [-0.1, -0.05) is 30.0 Å². The molecule has 110 valence electrons. The van der Waals surface area contributed by atoms with Gasteiger partial charge in [-0.3, -0.25) is 5.32 Å². The van der Waals surface area contributed by atoms with Crippen molar-refractivity contribution >= 4 is 44.4 Å². The van der Waals surface area contributed by atoms with Crippen LogP contribution < -0.4 is 5.32 Å². The number of thioether (sulfide) groups is 1. The van der Waals surface area contributed by atoms with Crippen LogP contribution >= 0.6 is 11.8 Å². The van der Waals surface area contributed by atoms with Crippen LogP contribution in [0.25, 0.3) is 21.8 Å². The van der Waals surface area contributed by atoms with Crippen LogP contribution in [-0.2, 0) is 6.54 Å². The van der Waals surface area contributed by atoms with Crippen molar-refractivity contribution in [2.24, 2.45) is 4.99 Å². The van der Waals surface area contributed by atoms with Crippen molar-refractivity contribution in [2.45, 2.75) is 13.5 Å². The summed E-state index contributed by atoms with van der Waals surface area (Å²) in [5.41, 5.74) is 3.29. The lowest BCUT2D eigenvalue weighted by atomic mass is 10.1. The summed E-state index contributed by atoms with van der Waals surface area (Å²) in [4.78, 5) is 4.50. The van der Waals surface area contributed by atoms with Gasteiger partial charge in [-0.15, -0.1) is 0 Å². The zero-order valence-electron chi connectivity index (χ0n) is 12.5. The van der Waals surface area contributed by atoms with E-state index in [4.69, 9.17) is 5.26 Å². The monoisotopic (exact) mass is 308 g/mol. The Morgan fingerprint density at radius 2 is 2.00 bits per heavy atom. The number of para-hydroxylation sites is 1. The molecule has 0 atom stereocenters. The number of rotatable bonds is 2. The van der Waals surface area contributed by atoms with Gasteiger partial charge in [0.25, 0.3) is 0 Å². The number of nitriles is 1. The molecule has 3 aromatic rings. The predicted molar refractivity (Wildman–Crippen MR) is 94.5 cm³/mol. The van der Waals surface area contributed by atoms with Crippen molar-refractivity contribution in [3.05, 3.63) is 42.5 Å². The highest BCUT2D eigenvalue weighted by Crippen LogP contribution is 2.31. The number of aryl methyl sites for hydroxylation is 1. The Hall–Kier alpha value is -2.45. The Morgan fingerprint density at radius 1 is 1.23 bits per heavy atom. The number of nitrogens with zero attached hydrogens (tertiary/aromatic N) is 3. The lowest BCUT2D eigenvalue weighted by molar-refractivity contribution is 0.827. The topological polar surface area (TPSA) is 53.1 Å². The lowest BCUT2D eigenvalue weighted by Crippen LogP contribution is -2.12. The maximum atomic E-state index is 8.74. The van der Waals surface area contributed by atoms with Crippen LogP contribution in [0.3, 0.4) is 0 Å². The van der Waals surface area contributed by atoms with Gasteiger partial charge >= 0.3 is 0 Å². The molecule has 1 heterocycles. The number of aromatic nitrogens is 1. The second-order valence-corrected chi connectivity index (χ2v) is 5.62. The van der Waals surface area contributed by atoms with Crippen molar-refractivity contribution in [3.8, 4) is 6.19 Å². The predicted octanol–water partition coefficient (Wildman–Crippen LogP) is 4.24. The Labute approximate surface area is 133 Å². The van der Waals surface area contributed by atoms with Gasteiger partial charge < -0.3 is 4.57 Å². The van der Waals surface area contributed by atoms with Crippen LogP contribution in [0.1, 0.15) is 6.92 Å². The largest absolute Gasteiger partial charge is 0.341 e. The normalized spacial score (nSPS) is 11.8. The molecule has 5 heteroatoms. The summed E-state index contributed by atoms with van der Waals surface area (Å²) in [6, 6.07) is 14.6. The summed E-state index contributed by atoms with van der Waals surface area (Å²) in [6.07, 6.45) is 3.81. The molecule has 0 saturated heterocycles. The maximum absolute atomic E-state index is 8.74. The molecule has 22 heavy (non-hydrogen) atoms. The van der Waals surface area contributed by atoms with Crippen LogP contribution in [0.5, 0.6) is 0 Å². The van der Waals surface area contributed by atoms with Gasteiger partial charge in [0.15, 0.2) is 11.4 Å². The SMILES string of the molecule is CCn1c2ccccc2c2cc(N=C(NC#N)SC)ccc21. The first-order valence-corrected chi connectivity index (χ1v) is 8.29. The van der Waals surface area contributed by atoms with Gasteiger partial charge in [-0.2, -0.15) is 5.26 Å². The van der Waals surface area contributed by atoms with Gasteiger partial charge in [-0.25, -0.2) is 4.99 Å². The van der Waals surface area contributed by atoms with E-state index in [1.54, 1.807) is 0 Å². The Bertz CT molecular complexity index is 902. The van der Waals surface area contributed by atoms with E-state index in [0.717, 1.165) is 12.2 Å². The van der Waals surface area contributed by atoms with Crippen molar-refractivity contribution in [1.29, 1.82) is 5.26 Å². The molecule has 0 aliphatic rings. The average molecular weight is 308 g/mol. The third kappa shape index (κ3) is 2.42. The molecule has 0 fully saturated rings. The average Bonchev–Trinajstić information content (AvgIpc) is 2.87. The highest BCUT2D eigenvalue weighted by molar-refractivity contribution is 8.13. The van der Waals surface area contributed by atoms with E-state index < -0.39 is 0 Å². The fourth-order valence-corrected chi connectivity index (χ4v) is 3.09. The van der Waals surface area contributed by atoms with Crippen LogP contribution in [0.2, 0.25) is 0 Å². The molecule has 0 bridgehead atoms. The number of aliphatic imine (C=N–C) groups is 1. The van der Waals surface area contributed by atoms with Crippen LogP contribution in [0.4, 0.5) is 5.69 Å². The second kappa shape index (κ2) is 6.12. The molecule has 0 unspecified atom stereocenters. The molecular weight excluding hydrogens is 292 g/mol. The molecule has 3 rings (SSSR count). The van der Waals surface area contributed by atoms with Crippen LogP contribution in [0, 0.1) is 11.5 Å². The molecule has 4 nitrogen and oxygen atoms in total. The number of amidine groups is 1. The van der Waals surface area contributed by atoms with Crippen LogP contribution in [0.15, 0.2) is 47.5 Å². The quantitative estimate of drug-likeness (QED) is 0.333. The summed E-state index contributed by atoms with van der Waals surface area (Å²) in [6.45, 7) is 3.08. The van der Waals surface area contributed by atoms with E-state index in [-0.39, 0.29) is 0 Å². The minimum Gasteiger partial charge on any atom is -0.341 e. The third-order valence-corrected chi connectivity index (χ3v) is 4.24. The van der Waals surface area contributed by atoms with Crippen molar-refractivity contribution < 1.29 is 0 Å². The van der Waals surface area contributed by atoms with Crippen LogP contribution in [-0.4, -0.2) is 16.0 Å². The zero-order valence-corrected chi connectivity index (χ0v) is 13.3. The van der Waals surface area contributed by atoms with E-state index in [0.29, 0.717) is 5.17 Å². The third-order valence-electron chi connectivity index (χ3n) is 3.66. The van der Waals surface area contributed by atoms with Gasteiger partial charge in [0.05, 0.1) is 5.69 Å². The molecule has 0 radical (unpaired) electrons. The summed E-state index contributed by atoms with van der Waals surface area (Å²) >= 11 is 1.42. The molecule has 0 aliphatic heterocycles. The fourth-order valence-electron chi connectivity index (χ4n) is 2.74. The number of hydrogen-bond acceptors (Lipinski definition) is 3. The molecular formula is C17H16N4S. The molecule has 1 aromatic heterocycles. The minimum absolute atomic E-state index is 0.598.